The zero-order valence-corrected chi connectivity index (χ0v) is 21.5. The summed E-state index contributed by atoms with van der Waals surface area (Å²) in [4.78, 5) is 11.2. The minimum atomic E-state index is -0.937. The molecule has 0 bridgehead atoms. The van der Waals surface area contributed by atoms with Gasteiger partial charge in [0.1, 0.15) is 11.9 Å². The van der Waals surface area contributed by atoms with Gasteiger partial charge in [-0.05, 0) is 42.8 Å². The lowest BCUT2D eigenvalue weighted by Gasteiger charge is -2.27. The van der Waals surface area contributed by atoms with Crippen LogP contribution in [-0.2, 0) is 9.53 Å². The Morgan fingerprint density at radius 1 is 1.03 bits per heavy atom. The monoisotopic (exact) mass is 505 g/mol. The molecule has 37 heavy (non-hydrogen) atoms. The first-order valence-corrected chi connectivity index (χ1v) is 12.9. The second-order valence-electron chi connectivity index (χ2n) is 8.80. The molecule has 0 saturated heterocycles. The van der Waals surface area contributed by atoms with E-state index in [1.807, 2.05) is 30.3 Å². The second kappa shape index (κ2) is 16.9. The van der Waals surface area contributed by atoms with Crippen LogP contribution in [0.5, 0.6) is 0 Å². The standard InChI is InChI=1S/C23H32N2O3.C7H4FN/c1-2-3-4-5-6-7-8-12-19-28-23(17-15-20(16-18-23)22(26)27)25-24-21-13-10-9-11-14-21;8-7-4-2-1-3-6(7)5-9/h9-11,13-17H,2-8,12,18-19H2,1H3,(H,26,27);1-4H. The van der Waals surface area contributed by atoms with Gasteiger partial charge in [-0.1, -0.05) is 88.3 Å². The topological polar surface area (TPSA) is 95.0 Å². The average molecular weight is 506 g/mol. The van der Waals surface area contributed by atoms with E-state index < -0.39 is 17.5 Å². The van der Waals surface area contributed by atoms with E-state index in [0.29, 0.717) is 13.0 Å². The number of carboxylic acids is 1. The number of carbonyl (C=O) groups is 1. The summed E-state index contributed by atoms with van der Waals surface area (Å²) in [5, 5.41) is 26.1. The maximum Gasteiger partial charge on any atom is 0.335 e. The summed E-state index contributed by atoms with van der Waals surface area (Å²) in [6, 6.07) is 17.1. The Morgan fingerprint density at radius 2 is 1.68 bits per heavy atom. The van der Waals surface area contributed by atoms with Crippen LogP contribution in [0.25, 0.3) is 0 Å². The highest BCUT2D eigenvalue weighted by Crippen LogP contribution is 2.29. The first-order valence-electron chi connectivity index (χ1n) is 12.9. The molecule has 0 aromatic heterocycles. The molecule has 0 aliphatic heterocycles. The Kier molecular flexibility index (Phi) is 13.5. The van der Waals surface area contributed by atoms with Gasteiger partial charge in [-0.15, -0.1) is 5.11 Å². The van der Waals surface area contributed by atoms with Crippen LogP contribution < -0.4 is 0 Å². The summed E-state index contributed by atoms with van der Waals surface area (Å²) >= 11 is 0. The normalized spacial score (nSPS) is 16.5. The van der Waals surface area contributed by atoms with Crippen LogP contribution in [0, 0.1) is 17.1 Å². The molecular formula is C30H36FN3O3. The molecular weight excluding hydrogens is 469 g/mol. The lowest BCUT2D eigenvalue weighted by atomic mass is 10.00. The van der Waals surface area contributed by atoms with E-state index in [-0.39, 0.29) is 11.1 Å². The smallest absolute Gasteiger partial charge is 0.335 e. The van der Waals surface area contributed by atoms with Crippen LogP contribution in [0.1, 0.15) is 70.3 Å². The summed E-state index contributed by atoms with van der Waals surface area (Å²) in [6.07, 6.45) is 15.2. The number of ether oxygens (including phenoxy) is 1. The Bertz CT molecular complexity index is 1090. The lowest BCUT2D eigenvalue weighted by Crippen LogP contribution is -2.29. The quantitative estimate of drug-likeness (QED) is 0.219. The van der Waals surface area contributed by atoms with Crippen LogP contribution in [0.4, 0.5) is 10.1 Å². The van der Waals surface area contributed by atoms with Gasteiger partial charge in [-0.25, -0.2) is 9.18 Å². The van der Waals surface area contributed by atoms with Crippen molar-refractivity contribution < 1.29 is 19.0 Å². The zero-order chi connectivity index (χ0) is 26.8. The SMILES string of the molecule is CCCCCCCCCCOC1(N=Nc2ccccc2)C=CC(C(=O)O)=CC1.N#Cc1ccccc1F. The van der Waals surface area contributed by atoms with Gasteiger partial charge < -0.3 is 9.84 Å². The van der Waals surface area contributed by atoms with E-state index in [1.165, 1.54) is 50.7 Å². The van der Waals surface area contributed by atoms with E-state index >= 15 is 0 Å². The number of rotatable bonds is 13. The van der Waals surface area contributed by atoms with Crippen molar-refractivity contribution in [2.45, 2.75) is 70.4 Å². The molecule has 0 fully saturated rings. The van der Waals surface area contributed by atoms with Gasteiger partial charge in [0.2, 0.25) is 5.72 Å². The molecule has 2 aromatic rings. The molecule has 6 nitrogen and oxygen atoms in total. The number of nitrogens with zero attached hydrogens (tertiary/aromatic N) is 3. The maximum absolute atomic E-state index is 12.4. The predicted octanol–water partition coefficient (Wildman–Crippen LogP) is 8.29. The van der Waals surface area contributed by atoms with Crippen molar-refractivity contribution in [3.8, 4) is 6.07 Å². The molecule has 1 aliphatic carbocycles. The number of hydrogen-bond acceptors (Lipinski definition) is 5. The molecule has 3 rings (SSSR count). The molecule has 0 saturated carbocycles. The molecule has 1 atom stereocenters. The summed E-state index contributed by atoms with van der Waals surface area (Å²) < 4.78 is 18.4. The Balaban J connectivity index is 0.000000449. The van der Waals surface area contributed by atoms with E-state index in [4.69, 9.17) is 15.1 Å². The van der Waals surface area contributed by atoms with Crippen molar-refractivity contribution in [1.29, 1.82) is 5.26 Å². The lowest BCUT2D eigenvalue weighted by molar-refractivity contribution is -0.132. The molecule has 7 heteroatoms. The van der Waals surface area contributed by atoms with Gasteiger partial charge in [0.25, 0.3) is 0 Å². The third-order valence-electron chi connectivity index (χ3n) is 5.82. The van der Waals surface area contributed by atoms with Gasteiger partial charge in [-0.2, -0.15) is 10.4 Å². The molecule has 1 N–H and O–H groups in total. The first-order chi connectivity index (χ1) is 18.0. The molecule has 0 heterocycles. The highest BCUT2D eigenvalue weighted by atomic mass is 19.1. The molecule has 0 radical (unpaired) electrons. The number of nitriles is 1. The zero-order valence-electron chi connectivity index (χ0n) is 21.5. The number of azo groups is 1. The maximum atomic E-state index is 12.4. The molecule has 2 aromatic carbocycles. The van der Waals surface area contributed by atoms with Gasteiger partial charge in [-0.3, -0.25) is 0 Å². The third-order valence-corrected chi connectivity index (χ3v) is 5.82. The van der Waals surface area contributed by atoms with Crippen LogP contribution in [-0.4, -0.2) is 23.4 Å². The van der Waals surface area contributed by atoms with E-state index in [1.54, 1.807) is 36.4 Å². The highest BCUT2D eigenvalue weighted by Gasteiger charge is 2.30. The number of carboxylic acid groups (broad SMARTS) is 1. The van der Waals surface area contributed by atoms with Crippen LogP contribution >= 0.6 is 0 Å². The van der Waals surface area contributed by atoms with Crippen LogP contribution in [0.2, 0.25) is 0 Å². The summed E-state index contributed by atoms with van der Waals surface area (Å²) in [5.74, 6) is -1.40. The molecule has 1 aliphatic rings. The van der Waals surface area contributed by atoms with E-state index in [9.17, 15) is 9.18 Å². The van der Waals surface area contributed by atoms with E-state index in [0.717, 1.165) is 18.5 Å². The fourth-order valence-electron chi connectivity index (χ4n) is 3.65. The van der Waals surface area contributed by atoms with Crippen molar-refractivity contribution in [3.63, 3.8) is 0 Å². The van der Waals surface area contributed by atoms with Crippen molar-refractivity contribution in [2.75, 3.05) is 6.61 Å². The van der Waals surface area contributed by atoms with Crippen molar-refractivity contribution >= 4 is 11.7 Å². The van der Waals surface area contributed by atoms with Crippen LogP contribution in [0.3, 0.4) is 0 Å². The summed E-state index contributed by atoms with van der Waals surface area (Å²) in [5.41, 5.74) is 0.188. The van der Waals surface area contributed by atoms with Gasteiger partial charge in [0.05, 0.1) is 16.8 Å². The minimum Gasteiger partial charge on any atom is -0.478 e. The van der Waals surface area contributed by atoms with Crippen LogP contribution in [0.15, 0.2) is 88.6 Å². The third kappa shape index (κ3) is 11.3. The van der Waals surface area contributed by atoms with Crippen molar-refractivity contribution in [1.82, 2.24) is 0 Å². The minimum absolute atomic E-state index is 0.0949. The molecule has 1 unspecified atom stereocenters. The Morgan fingerprint density at radius 3 is 2.24 bits per heavy atom. The number of unbranched alkanes of at least 4 members (excludes halogenated alkanes) is 7. The summed E-state index contributed by atoms with van der Waals surface area (Å²) in [7, 11) is 0. The van der Waals surface area contributed by atoms with E-state index in [2.05, 4.69) is 17.2 Å². The van der Waals surface area contributed by atoms with Gasteiger partial charge >= 0.3 is 5.97 Å². The fraction of sp³-hybridized carbons (Fsp3) is 0.400. The first kappa shape index (κ1) is 29.6. The van der Waals surface area contributed by atoms with Crippen molar-refractivity contribution in [2.24, 2.45) is 10.2 Å². The average Bonchev–Trinajstić information content (AvgIpc) is 2.92. The Labute approximate surface area is 219 Å². The molecule has 0 amide bonds. The summed E-state index contributed by atoms with van der Waals surface area (Å²) in [6.45, 7) is 2.82. The Hall–Kier alpha value is -3.63. The number of aliphatic carboxylic acids is 1. The van der Waals surface area contributed by atoms with Crippen molar-refractivity contribution in [3.05, 3.63) is 89.8 Å². The number of benzene rings is 2. The predicted molar refractivity (Wildman–Crippen MR) is 143 cm³/mol. The fourth-order valence-corrected chi connectivity index (χ4v) is 3.65. The molecule has 0 spiro atoms. The second-order valence-corrected chi connectivity index (χ2v) is 8.80. The molecule has 196 valence electrons. The highest BCUT2D eigenvalue weighted by molar-refractivity contribution is 5.90. The number of hydrogen-bond donors (Lipinski definition) is 1. The van der Waals surface area contributed by atoms with Gasteiger partial charge in [0, 0.05) is 13.0 Å². The number of halogens is 1. The largest absolute Gasteiger partial charge is 0.478 e. The van der Waals surface area contributed by atoms with Gasteiger partial charge in [0.15, 0.2) is 0 Å².